The topological polar surface area (TPSA) is 16.4 Å². The summed E-state index contributed by atoms with van der Waals surface area (Å²) < 4.78 is 6.79. The molecule has 9 aromatic carbocycles. The van der Waals surface area contributed by atoms with E-state index in [0.717, 1.165) is 44.6 Å². The van der Waals surface area contributed by atoms with Crippen molar-refractivity contribution in [3.63, 3.8) is 0 Å². The fourth-order valence-corrected chi connectivity index (χ4v) is 7.63. The SMILES string of the molecule is c1ccc(-c2ccc3ccc(-c4ccc(N(c5ccccc5)c5ccc(-c6ccc7ccccc7c6)c6c5oc5ccccc56)cc4)cc3c2)cc1. The lowest BCUT2D eigenvalue weighted by atomic mass is 9.96. The molecule has 0 atom stereocenters. The third kappa shape index (κ3) is 5.21. The third-order valence-corrected chi connectivity index (χ3v) is 10.2. The van der Waals surface area contributed by atoms with Crippen molar-refractivity contribution in [3.8, 4) is 33.4 Å². The molecule has 0 aliphatic carbocycles. The van der Waals surface area contributed by atoms with Crippen LogP contribution in [0.2, 0.25) is 0 Å². The van der Waals surface area contributed by atoms with E-state index in [1.54, 1.807) is 0 Å². The first-order valence-electron chi connectivity index (χ1n) is 17.8. The van der Waals surface area contributed by atoms with Crippen LogP contribution in [0, 0.1) is 0 Å². The van der Waals surface area contributed by atoms with Gasteiger partial charge in [0.15, 0.2) is 5.58 Å². The minimum Gasteiger partial charge on any atom is -0.454 e. The fourth-order valence-electron chi connectivity index (χ4n) is 7.63. The molecule has 0 aliphatic heterocycles. The Morgan fingerprint density at radius 2 is 0.885 bits per heavy atom. The summed E-state index contributed by atoms with van der Waals surface area (Å²) in [7, 11) is 0. The van der Waals surface area contributed by atoms with Gasteiger partial charge in [-0.15, -0.1) is 0 Å². The molecule has 0 spiro atoms. The summed E-state index contributed by atoms with van der Waals surface area (Å²) in [5, 5.41) is 7.14. The highest BCUT2D eigenvalue weighted by atomic mass is 16.3. The number of fused-ring (bicyclic) bond motifs is 5. The first kappa shape index (κ1) is 30.0. The number of benzene rings is 9. The minimum atomic E-state index is 0.864. The molecule has 0 radical (unpaired) electrons. The monoisotopic (exact) mass is 663 g/mol. The number of nitrogens with zero attached hydrogens (tertiary/aromatic N) is 1. The predicted octanol–water partition coefficient (Wildman–Crippen LogP) is 14.4. The maximum atomic E-state index is 6.79. The first-order chi connectivity index (χ1) is 25.8. The number of para-hydroxylation sites is 2. The van der Waals surface area contributed by atoms with Crippen LogP contribution in [0.3, 0.4) is 0 Å². The van der Waals surface area contributed by atoms with Gasteiger partial charge in [-0.3, -0.25) is 0 Å². The maximum Gasteiger partial charge on any atom is 0.160 e. The molecular formula is C50H33NO. The third-order valence-electron chi connectivity index (χ3n) is 10.2. The van der Waals surface area contributed by atoms with Crippen molar-refractivity contribution in [2.45, 2.75) is 0 Å². The summed E-state index contributed by atoms with van der Waals surface area (Å²) in [5.41, 5.74) is 12.0. The number of furan rings is 1. The molecule has 1 heterocycles. The van der Waals surface area contributed by atoms with E-state index < -0.39 is 0 Å². The average molecular weight is 664 g/mol. The van der Waals surface area contributed by atoms with E-state index in [4.69, 9.17) is 4.42 Å². The van der Waals surface area contributed by atoms with Gasteiger partial charge in [0, 0.05) is 22.1 Å². The van der Waals surface area contributed by atoms with Crippen LogP contribution < -0.4 is 4.90 Å². The van der Waals surface area contributed by atoms with Crippen LogP contribution in [0.5, 0.6) is 0 Å². The molecule has 2 heteroatoms. The number of hydrogen-bond donors (Lipinski definition) is 0. The fraction of sp³-hybridized carbons (Fsp3) is 0. The van der Waals surface area contributed by atoms with Gasteiger partial charge >= 0.3 is 0 Å². The lowest BCUT2D eigenvalue weighted by Gasteiger charge is -2.26. The van der Waals surface area contributed by atoms with Crippen molar-refractivity contribution in [1.82, 2.24) is 0 Å². The Morgan fingerprint density at radius 3 is 1.63 bits per heavy atom. The predicted molar refractivity (Wildman–Crippen MR) is 220 cm³/mol. The summed E-state index contributed by atoms with van der Waals surface area (Å²) in [6.07, 6.45) is 0. The Kier molecular flexibility index (Phi) is 7.18. The highest BCUT2D eigenvalue weighted by Gasteiger charge is 2.22. The highest BCUT2D eigenvalue weighted by Crippen LogP contribution is 2.46. The molecule has 0 saturated heterocycles. The lowest BCUT2D eigenvalue weighted by Crippen LogP contribution is -2.10. The molecular weight excluding hydrogens is 631 g/mol. The quantitative estimate of drug-likeness (QED) is 0.176. The molecule has 0 fully saturated rings. The summed E-state index contributed by atoms with van der Waals surface area (Å²) >= 11 is 0. The smallest absolute Gasteiger partial charge is 0.160 e. The molecule has 0 N–H and O–H groups in total. The van der Waals surface area contributed by atoms with Crippen LogP contribution in [0.15, 0.2) is 205 Å². The molecule has 0 unspecified atom stereocenters. The average Bonchev–Trinajstić information content (AvgIpc) is 3.62. The zero-order valence-corrected chi connectivity index (χ0v) is 28.4. The highest BCUT2D eigenvalue weighted by molar-refractivity contribution is 6.17. The summed E-state index contributed by atoms with van der Waals surface area (Å²) in [4.78, 5) is 2.31. The summed E-state index contributed by atoms with van der Waals surface area (Å²) in [6, 6.07) is 71.6. The van der Waals surface area contributed by atoms with E-state index in [2.05, 4.69) is 199 Å². The van der Waals surface area contributed by atoms with Gasteiger partial charge in [-0.1, -0.05) is 146 Å². The summed E-state index contributed by atoms with van der Waals surface area (Å²) in [5.74, 6) is 0. The largest absolute Gasteiger partial charge is 0.454 e. The van der Waals surface area contributed by atoms with E-state index in [1.807, 2.05) is 6.07 Å². The Hall–Kier alpha value is -6.90. The number of anilines is 3. The van der Waals surface area contributed by atoms with Gasteiger partial charge in [0.1, 0.15) is 5.58 Å². The Labute approximate surface area is 302 Å². The molecule has 0 aliphatic rings. The van der Waals surface area contributed by atoms with Crippen LogP contribution >= 0.6 is 0 Å². The lowest BCUT2D eigenvalue weighted by molar-refractivity contribution is 0.669. The zero-order chi connectivity index (χ0) is 34.4. The van der Waals surface area contributed by atoms with E-state index in [9.17, 15) is 0 Å². The molecule has 0 saturated carbocycles. The second kappa shape index (κ2) is 12.5. The van der Waals surface area contributed by atoms with Gasteiger partial charge in [0.2, 0.25) is 0 Å². The Balaban J connectivity index is 1.10. The second-order valence-corrected chi connectivity index (χ2v) is 13.4. The van der Waals surface area contributed by atoms with Crippen LogP contribution in [0.4, 0.5) is 17.1 Å². The van der Waals surface area contributed by atoms with Crippen molar-refractivity contribution in [1.29, 1.82) is 0 Å². The van der Waals surface area contributed by atoms with Crippen LogP contribution in [0.1, 0.15) is 0 Å². The number of rotatable bonds is 6. The van der Waals surface area contributed by atoms with Crippen molar-refractivity contribution in [3.05, 3.63) is 200 Å². The number of hydrogen-bond acceptors (Lipinski definition) is 2. The minimum absolute atomic E-state index is 0.864. The van der Waals surface area contributed by atoms with E-state index >= 15 is 0 Å². The Morgan fingerprint density at radius 1 is 0.346 bits per heavy atom. The van der Waals surface area contributed by atoms with Gasteiger partial charge in [-0.25, -0.2) is 0 Å². The van der Waals surface area contributed by atoms with Crippen molar-refractivity contribution < 1.29 is 4.42 Å². The Bertz CT molecular complexity index is 2890. The molecule has 244 valence electrons. The molecule has 1 aromatic heterocycles. The first-order valence-corrected chi connectivity index (χ1v) is 17.8. The summed E-state index contributed by atoms with van der Waals surface area (Å²) in [6.45, 7) is 0. The van der Waals surface area contributed by atoms with Crippen LogP contribution in [-0.4, -0.2) is 0 Å². The van der Waals surface area contributed by atoms with Crippen molar-refractivity contribution in [2.75, 3.05) is 4.90 Å². The molecule has 10 aromatic rings. The van der Waals surface area contributed by atoms with E-state index in [-0.39, 0.29) is 0 Å². The maximum absolute atomic E-state index is 6.79. The van der Waals surface area contributed by atoms with Gasteiger partial charge in [-0.05, 0) is 110 Å². The molecule has 0 amide bonds. The zero-order valence-electron chi connectivity index (χ0n) is 28.4. The normalized spacial score (nSPS) is 11.5. The van der Waals surface area contributed by atoms with Gasteiger partial charge in [-0.2, -0.15) is 0 Å². The van der Waals surface area contributed by atoms with Crippen LogP contribution in [-0.2, 0) is 0 Å². The van der Waals surface area contributed by atoms with E-state index in [1.165, 1.54) is 49.4 Å². The molecule has 2 nitrogen and oxygen atoms in total. The molecule has 10 rings (SSSR count). The van der Waals surface area contributed by atoms with E-state index in [0.29, 0.717) is 0 Å². The second-order valence-electron chi connectivity index (χ2n) is 13.4. The molecule has 0 bridgehead atoms. The van der Waals surface area contributed by atoms with Gasteiger partial charge < -0.3 is 9.32 Å². The van der Waals surface area contributed by atoms with Gasteiger partial charge in [0.25, 0.3) is 0 Å². The van der Waals surface area contributed by atoms with Crippen molar-refractivity contribution in [2.24, 2.45) is 0 Å². The van der Waals surface area contributed by atoms with Crippen LogP contribution in [0.25, 0.3) is 76.9 Å². The standard InChI is InChI=1S/C50H33NO/c1-3-11-34(12-4-1)39-22-19-37-20-23-40(33-42(37)32-39)36-25-27-44(28-26-36)51(43-15-5-2-6-16-43)47-30-29-45(41-24-21-35-13-7-8-14-38(35)31-41)49-46-17-9-10-18-48(46)52-50(47)49/h1-33H. The van der Waals surface area contributed by atoms with Gasteiger partial charge in [0.05, 0.1) is 5.69 Å². The molecule has 52 heavy (non-hydrogen) atoms. The van der Waals surface area contributed by atoms with Crippen molar-refractivity contribution >= 4 is 60.5 Å².